The monoisotopic (exact) mass is 322 g/mol. The summed E-state index contributed by atoms with van der Waals surface area (Å²) in [5.74, 6) is 2.32. The number of rotatable bonds is 5. The summed E-state index contributed by atoms with van der Waals surface area (Å²) >= 11 is 3.45. The smallest absolute Gasteiger partial charge is 0.133 e. The van der Waals surface area contributed by atoms with Crippen molar-refractivity contribution < 1.29 is 14.2 Å². The van der Waals surface area contributed by atoms with Crippen LogP contribution < -0.4 is 14.2 Å². The van der Waals surface area contributed by atoms with Crippen molar-refractivity contribution in [1.29, 1.82) is 0 Å². The SMILES string of the molecule is COc1cc(COc2ccccc2Br)cc(OC)c1. The van der Waals surface area contributed by atoms with E-state index in [2.05, 4.69) is 15.9 Å². The van der Waals surface area contributed by atoms with E-state index in [1.54, 1.807) is 14.2 Å². The molecule has 0 heterocycles. The van der Waals surface area contributed by atoms with Crippen molar-refractivity contribution >= 4 is 15.9 Å². The number of halogens is 1. The van der Waals surface area contributed by atoms with E-state index < -0.39 is 0 Å². The van der Waals surface area contributed by atoms with Gasteiger partial charge in [0.2, 0.25) is 0 Å². The Balaban J connectivity index is 2.13. The summed E-state index contributed by atoms with van der Waals surface area (Å²) in [5, 5.41) is 0. The van der Waals surface area contributed by atoms with Gasteiger partial charge in [0.15, 0.2) is 0 Å². The Morgan fingerprint density at radius 3 is 2.16 bits per heavy atom. The second-order valence-electron chi connectivity index (χ2n) is 3.94. The molecule has 100 valence electrons. The van der Waals surface area contributed by atoms with Crippen molar-refractivity contribution in [2.24, 2.45) is 0 Å². The Labute approximate surface area is 121 Å². The normalized spacial score (nSPS) is 10.1. The zero-order valence-electron chi connectivity index (χ0n) is 10.9. The quantitative estimate of drug-likeness (QED) is 0.831. The number of ether oxygens (including phenoxy) is 3. The predicted octanol–water partition coefficient (Wildman–Crippen LogP) is 4.05. The van der Waals surface area contributed by atoms with Crippen LogP contribution in [-0.4, -0.2) is 14.2 Å². The Bertz CT molecular complexity index is 533. The standard InChI is InChI=1S/C15H15BrO3/c1-17-12-7-11(8-13(9-12)18-2)10-19-15-6-4-3-5-14(15)16/h3-9H,10H2,1-2H3. The zero-order valence-corrected chi connectivity index (χ0v) is 12.4. The number of para-hydroxylation sites is 1. The van der Waals surface area contributed by atoms with E-state index in [0.717, 1.165) is 27.3 Å². The average molecular weight is 323 g/mol. The van der Waals surface area contributed by atoms with Crippen molar-refractivity contribution in [2.75, 3.05) is 14.2 Å². The van der Waals surface area contributed by atoms with Gasteiger partial charge in [0.05, 0.1) is 18.7 Å². The van der Waals surface area contributed by atoms with Gasteiger partial charge in [-0.2, -0.15) is 0 Å². The molecule has 0 saturated carbocycles. The fourth-order valence-electron chi connectivity index (χ4n) is 1.67. The largest absolute Gasteiger partial charge is 0.497 e. The predicted molar refractivity (Wildman–Crippen MR) is 78.0 cm³/mol. The molecule has 19 heavy (non-hydrogen) atoms. The molecule has 0 bridgehead atoms. The molecule has 0 aliphatic rings. The first-order valence-electron chi connectivity index (χ1n) is 5.82. The maximum atomic E-state index is 5.76. The second kappa shape index (κ2) is 6.48. The van der Waals surface area contributed by atoms with Gasteiger partial charge in [-0.3, -0.25) is 0 Å². The van der Waals surface area contributed by atoms with Crippen LogP contribution in [0, 0.1) is 0 Å². The molecule has 0 unspecified atom stereocenters. The lowest BCUT2D eigenvalue weighted by Gasteiger charge is -2.11. The minimum Gasteiger partial charge on any atom is -0.497 e. The van der Waals surface area contributed by atoms with E-state index in [0.29, 0.717) is 6.61 Å². The molecule has 0 aliphatic heterocycles. The first-order valence-corrected chi connectivity index (χ1v) is 6.61. The number of methoxy groups -OCH3 is 2. The molecule has 0 radical (unpaired) electrons. The Morgan fingerprint density at radius 2 is 1.58 bits per heavy atom. The summed E-state index contributed by atoms with van der Waals surface area (Å²) in [6.45, 7) is 0.455. The highest BCUT2D eigenvalue weighted by Gasteiger charge is 2.04. The van der Waals surface area contributed by atoms with E-state index in [1.807, 2.05) is 42.5 Å². The maximum Gasteiger partial charge on any atom is 0.133 e. The highest BCUT2D eigenvalue weighted by atomic mass is 79.9. The maximum absolute atomic E-state index is 5.76. The summed E-state index contributed by atoms with van der Waals surface area (Å²) in [6.07, 6.45) is 0. The van der Waals surface area contributed by atoms with Crippen molar-refractivity contribution in [3.8, 4) is 17.2 Å². The number of hydrogen-bond donors (Lipinski definition) is 0. The van der Waals surface area contributed by atoms with Crippen LogP contribution in [0.3, 0.4) is 0 Å². The van der Waals surface area contributed by atoms with Crippen LogP contribution in [0.15, 0.2) is 46.9 Å². The van der Waals surface area contributed by atoms with Gasteiger partial charge < -0.3 is 14.2 Å². The van der Waals surface area contributed by atoms with Crippen LogP contribution in [0.5, 0.6) is 17.2 Å². The van der Waals surface area contributed by atoms with E-state index in [1.165, 1.54) is 0 Å². The molecule has 4 heteroatoms. The minimum absolute atomic E-state index is 0.455. The molecule has 2 rings (SSSR count). The van der Waals surface area contributed by atoms with Crippen molar-refractivity contribution in [3.63, 3.8) is 0 Å². The molecular weight excluding hydrogens is 308 g/mol. The van der Waals surface area contributed by atoms with Crippen molar-refractivity contribution in [1.82, 2.24) is 0 Å². The fraction of sp³-hybridized carbons (Fsp3) is 0.200. The van der Waals surface area contributed by atoms with Gasteiger partial charge >= 0.3 is 0 Å². The van der Waals surface area contributed by atoms with Crippen LogP contribution in [0.2, 0.25) is 0 Å². The van der Waals surface area contributed by atoms with E-state index >= 15 is 0 Å². The number of hydrogen-bond acceptors (Lipinski definition) is 3. The van der Waals surface area contributed by atoms with Gasteiger partial charge in [-0.1, -0.05) is 12.1 Å². The van der Waals surface area contributed by atoms with E-state index in [-0.39, 0.29) is 0 Å². The van der Waals surface area contributed by atoms with Crippen molar-refractivity contribution in [2.45, 2.75) is 6.61 Å². The lowest BCUT2D eigenvalue weighted by Crippen LogP contribution is -1.98. The molecular formula is C15H15BrO3. The summed E-state index contributed by atoms with van der Waals surface area (Å²) in [5.41, 5.74) is 0.993. The van der Waals surface area contributed by atoms with Crippen LogP contribution in [0.25, 0.3) is 0 Å². The van der Waals surface area contributed by atoms with Gasteiger partial charge in [-0.15, -0.1) is 0 Å². The van der Waals surface area contributed by atoms with Gasteiger partial charge in [-0.25, -0.2) is 0 Å². The molecule has 0 N–H and O–H groups in total. The Hall–Kier alpha value is -1.68. The highest BCUT2D eigenvalue weighted by molar-refractivity contribution is 9.10. The molecule has 0 spiro atoms. The molecule has 2 aromatic carbocycles. The Morgan fingerprint density at radius 1 is 0.947 bits per heavy atom. The molecule has 0 atom stereocenters. The Kier molecular flexibility index (Phi) is 4.68. The van der Waals surface area contributed by atoms with Crippen molar-refractivity contribution in [3.05, 3.63) is 52.5 Å². The van der Waals surface area contributed by atoms with E-state index in [9.17, 15) is 0 Å². The highest BCUT2D eigenvalue weighted by Crippen LogP contribution is 2.27. The molecule has 0 aromatic heterocycles. The second-order valence-corrected chi connectivity index (χ2v) is 4.79. The number of benzene rings is 2. The van der Waals surface area contributed by atoms with E-state index in [4.69, 9.17) is 14.2 Å². The van der Waals surface area contributed by atoms with Crippen LogP contribution in [0.1, 0.15) is 5.56 Å². The van der Waals surface area contributed by atoms with Gasteiger partial charge in [0.25, 0.3) is 0 Å². The molecule has 0 amide bonds. The molecule has 0 aliphatic carbocycles. The third kappa shape index (κ3) is 3.64. The fourth-order valence-corrected chi connectivity index (χ4v) is 2.07. The van der Waals surface area contributed by atoms with Gasteiger partial charge in [0, 0.05) is 6.07 Å². The summed E-state index contributed by atoms with van der Waals surface area (Å²) in [6, 6.07) is 13.4. The van der Waals surface area contributed by atoms with Crippen LogP contribution >= 0.6 is 15.9 Å². The minimum atomic E-state index is 0.455. The molecule has 2 aromatic rings. The first-order chi connectivity index (χ1) is 9.22. The lowest BCUT2D eigenvalue weighted by atomic mass is 10.2. The zero-order chi connectivity index (χ0) is 13.7. The molecule has 0 fully saturated rings. The lowest BCUT2D eigenvalue weighted by molar-refractivity contribution is 0.302. The molecule has 0 saturated heterocycles. The summed E-state index contributed by atoms with van der Waals surface area (Å²) in [4.78, 5) is 0. The topological polar surface area (TPSA) is 27.7 Å². The van der Waals surface area contributed by atoms with Crippen LogP contribution in [0.4, 0.5) is 0 Å². The first kappa shape index (κ1) is 13.7. The van der Waals surface area contributed by atoms with Gasteiger partial charge in [0.1, 0.15) is 23.9 Å². The summed E-state index contributed by atoms with van der Waals surface area (Å²) < 4.78 is 17.2. The summed E-state index contributed by atoms with van der Waals surface area (Å²) in [7, 11) is 3.26. The molecule has 3 nitrogen and oxygen atoms in total. The average Bonchev–Trinajstić information content (AvgIpc) is 2.46. The third-order valence-electron chi connectivity index (χ3n) is 2.64. The third-order valence-corrected chi connectivity index (χ3v) is 3.30. The van der Waals surface area contributed by atoms with Crippen LogP contribution in [-0.2, 0) is 6.61 Å². The van der Waals surface area contributed by atoms with Gasteiger partial charge in [-0.05, 0) is 45.8 Å².